The van der Waals surface area contributed by atoms with Crippen molar-refractivity contribution in [3.8, 4) is 10.7 Å². The molecular formula is C14H18BrN3OS. The molecule has 0 amide bonds. The SMILES string of the molecule is CCNC1CCC(c2nc(-c3cc(Br)cs3)no2)CC1. The molecule has 20 heavy (non-hydrogen) atoms. The van der Waals surface area contributed by atoms with Crippen LogP contribution < -0.4 is 5.32 Å². The van der Waals surface area contributed by atoms with E-state index < -0.39 is 0 Å². The van der Waals surface area contributed by atoms with Gasteiger partial charge >= 0.3 is 0 Å². The van der Waals surface area contributed by atoms with Crippen LogP contribution in [0.5, 0.6) is 0 Å². The topological polar surface area (TPSA) is 51.0 Å². The normalized spacial score (nSPS) is 23.1. The van der Waals surface area contributed by atoms with Gasteiger partial charge in [0, 0.05) is 21.8 Å². The smallest absolute Gasteiger partial charge is 0.230 e. The van der Waals surface area contributed by atoms with Crippen molar-refractivity contribution in [3.05, 3.63) is 21.8 Å². The molecule has 3 rings (SSSR count). The van der Waals surface area contributed by atoms with Crippen LogP contribution in [0.1, 0.15) is 44.4 Å². The van der Waals surface area contributed by atoms with Gasteiger partial charge in [0.15, 0.2) is 0 Å². The second kappa shape index (κ2) is 6.37. The number of thiophene rings is 1. The van der Waals surface area contributed by atoms with Gasteiger partial charge in [-0.3, -0.25) is 0 Å². The van der Waals surface area contributed by atoms with Crippen molar-refractivity contribution in [3.63, 3.8) is 0 Å². The fraction of sp³-hybridized carbons (Fsp3) is 0.571. The lowest BCUT2D eigenvalue weighted by molar-refractivity contribution is 0.285. The van der Waals surface area contributed by atoms with Crippen LogP contribution in [-0.2, 0) is 0 Å². The largest absolute Gasteiger partial charge is 0.339 e. The third-order valence-electron chi connectivity index (χ3n) is 3.80. The highest BCUT2D eigenvalue weighted by molar-refractivity contribution is 9.10. The second-order valence-electron chi connectivity index (χ2n) is 5.19. The quantitative estimate of drug-likeness (QED) is 0.892. The van der Waals surface area contributed by atoms with Crippen LogP contribution in [0.25, 0.3) is 10.7 Å². The van der Waals surface area contributed by atoms with Crippen LogP contribution in [0.15, 0.2) is 20.4 Å². The second-order valence-corrected chi connectivity index (χ2v) is 7.02. The average Bonchev–Trinajstić information content (AvgIpc) is 3.09. The number of hydrogen-bond donors (Lipinski definition) is 1. The first-order valence-corrected chi connectivity index (χ1v) is 8.75. The van der Waals surface area contributed by atoms with E-state index in [2.05, 4.69) is 38.3 Å². The summed E-state index contributed by atoms with van der Waals surface area (Å²) in [7, 11) is 0. The average molecular weight is 356 g/mol. The van der Waals surface area contributed by atoms with Crippen molar-refractivity contribution in [2.24, 2.45) is 0 Å². The standard InChI is InChI=1S/C14H18BrN3OS/c1-2-16-11-5-3-9(4-6-11)14-17-13(18-19-14)12-7-10(15)8-20-12/h7-9,11,16H,2-6H2,1H3. The molecule has 2 heterocycles. The zero-order chi connectivity index (χ0) is 13.9. The van der Waals surface area contributed by atoms with E-state index in [9.17, 15) is 0 Å². The summed E-state index contributed by atoms with van der Waals surface area (Å²) in [6, 6.07) is 2.69. The zero-order valence-electron chi connectivity index (χ0n) is 11.4. The number of nitrogens with zero attached hydrogens (tertiary/aromatic N) is 2. The van der Waals surface area contributed by atoms with Crippen LogP contribution in [0.4, 0.5) is 0 Å². The van der Waals surface area contributed by atoms with E-state index >= 15 is 0 Å². The Morgan fingerprint density at radius 1 is 1.40 bits per heavy atom. The Bertz CT molecular complexity index is 560. The summed E-state index contributed by atoms with van der Waals surface area (Å²) in [5.74, 6) is 1.94. The van der Waals surface area contributed by atoms with Crippen LogP contribution in [0, 0.1) is 0 Å². The minimum Gasteiger partial charge on any atom is -0.339 e. The summed E-state index contributed by atoms with van der Waals surface area (Å²) in [5, 5.41) is 9.67. The monoisotopic (exact) mass is 355 g/mol. The lowest BCUT2D eigenvalue weighted by Gasteiger charge is -2.26. The third kappa shape index (κ3) is 3.13. The fourth-order valence-electron chi connectivity index (χ4n) is 2.76. The van der Waals surface area contributed by atoms with Crippen LogP contribution in [0.2, 0.25) is 0 Å². The maximum Gasteiger partial charge on any atom is 0.230 e. The molecule has 1 saturated carbocycles. The molecule has 2 aromatic rings. The third-order valence-corrected chi connectivity index (χ3v) is 5.49. The molecule has 0 radical (unpaired) electrons. The van der Waals surface area contributed by atoms with Crippen molar-refractivity contribution in [2.75, 3.05) is 6.54 Å². The van der Waals surface area contributed by atoms with Gasteiger partial charge in [-0.05, 0) is 54.2 Å². The maximum atomic E-state index is 5.47. The molecule has 0 spiro atoms. The molecule has 0 atom stereocenters. The van der Waals surface area contributed by atoms with Gasteiger partial charge in [0.2, 0.25) is 11.7 Å². The van der Waals surface area contributed by atoms with Gasteiger partial charge in [0.1, 0.15) is 0 Å². The molecule has 1 N–H and O–H groups in total. The van der Waals surface area contributed by atoms with E-state index in [4.69, 9.17) is 4.52 Å². The Kier molecular flexibility index (Phi) is 4.53. The molecule has 0 aromatic carbocycles. The van der Waals surface area contributed by atoms with E-state index in [1.807, 2.05) is 11.4 Å². The molecule has 4 nitrogen and oxygen atoms in total. The molecule has 2 aromatic heterocycles. The highest BCUT2D eigenvalue weighted by Gasteiger charge is 2.26. The van der Waals surface area contributed by atoms with Gasteiger partial charge in [-0.1, -0.05) is 12.1 Å². The molecule has 1 aliphatic rings. The summed E-state index contributed by atoms with van der Waals surface area (Å²) < 4.78 is 6.54. The van der Waals surface area contributed by atoms with Crippen LogP contribution in [0.3, 0.4) is 0 Å². The summed E-state index contributed by atoms with van der Waals surface area (Å²) in [4.78, 5) is 5.63. The van der Waals surface area contributed by atoms with Gasteiger partial charge in [0.05, 0.1) is 4.88 Å². The fourth-order valence-corrected chi connectivity index (χ4v) is 4.12. The number of hydrogen-bond acceptors (Lipinski definition) is 5. The minimum atomic E-state index is 0.426. The summed E-state index contributed by atoms with van der Waals surface area (Å²) in [6.07, 6.45) is 4.66. The number of halogens is 1. The van der Waals surface area contributed by atoms with Crippen molar-refractivity contribution >= 4 is 27.3 Å². The Labute approximate surface area is 131 Å². The Hall–Kier alpha value is -0.720. The first-order valence-electron chi connectivity index (χ1n) is 7.07. The first kappa shape index (κ1) is 14.2. The molecule has 1 fully saturated rings. The molecule has 0 unspecified atom stereocenters. The van der Waals surface area contributed by atoms with Crippen LogP contribution >= 0.6 is 27.3 Å². The minimum absolute atomic E-state index is 0.426. The van der Waals surface area contributed by atoms with E-state index in [-0.39, 0.29) is 0 Å². The van der Waals surface area contributed by atoms with Gasteiger partial charge in [-0.2, -0.15) is 4.98 Å². The summed E-state index contributed by atoms with van der Waals surface area (Å²) in [6.45, 7) is 3.21. The van der Waals surface area contributed by atoms with Gasteiger partial charge in [0.25, 0.3) is 0 Å². The number of rotatable bonds is 4. The van der Waals surface area contributed by atoms with E-state index in [0.29, 0.717) is 17.8 Å². The lowest BCUT2D eigenvalue weighted by Crippen LogP contribution is -2.32. The number of nitrogens with one attached hydrogen (secondary N) is 1. The van der Waals surface area contributed by atoms with E-state index in [1.165, 1.54) is 12.8 Å². The highest BCUT2D eigenvalue weighted by Crippen LogP contribution is 2.34. The van der Waals surface area contributed by atoms with Gasteiger partial charge in [-0.25, -0.2) is 0 Å². The highest BCUT2D eigenvalue weighted by atomic mass is 79.9. The Balaban J connectivity index is 1.66. The van der Waals surface area contributed by atoms with Crippen LogP contribution in [-0.4, -0.2) is 22.7 Å². The molecule has 0 bridgehead atoms. The van der Waals surface area contributed by atoms with Crippen molar-refractivity contribution < 1.29 is 4.52 Å². The molecule has 0 aliphatic heterocycles. The predicted molar refractivity (Wildman–Crippen MR) is 84.0 cm³/mol. The summed E-state index contributed by atoms with van der Waals surface area (Å²) in [5.41, 5.74) is 0. The molecule has 1 aliphatic carbocycles. The van der Waals surface area contributed by atoms with Crippen molar-refractivity contribution in [1.82, 2.24) is 15.5 Å². The predicted octanol–water partition coefficient (Wildman–Crippen LogP) is 4.20. The molecule has 6 heteroatoms. The van der Waals surface area contributed by atoms with Crippen molar-refractivity contribution in [1.29, 1.82) is 0 Å². The van der Waals surface area contributed by atoms with Crippen molar-refractivity contribution in [2.45, 2.75) is 44.6 Å². The molecule has 108 valence electrons. The van der Waals surface area contributed by atoms with E-state index in [1.54, 1.807) is 11.3 Å². The maximum absolute atomic E-state index is 5.47. The zero-order valence-corrected chi connectivity index (χ0v) is 13.8. The lowest BCUT2D eigenvalue weighted by atomic mass is 9.86. The van der Waals surface area contributed by atoms with Gasteiger partial charge < -0.3 is 9.84 Å². The summed E-state index contributed by atoms with van der Waals surface area (Å²) >= 11 is 5.08. The van der Waals surface area contributed by atoms with Gasteiger partial charge in [-0.15, -0.1) is 11.3 Å². The molecular weight excluding hydrogens is 338 g/mol. The Morgan fingerprint density at radius 3 is 2.85 bits per heavy atom. The first-order chi connectivity index (χ1) is 9.76. The molecule has 0 saturated heterocycles. The van der Waals surface area contributed by atoms with E-state index in [0.717, 1.165) is 34.6 Å². The number of aromatic nitrogens is 2. The Morgan fingerprint density at radius 2 is 2.20 bits per heavy atom.